The molecule has 0 fully saturated rings. The summed E-state index contributed by atoms with van der Waals surface area (Å²) in [6.07, 6.45) is -3.20. The van der Waals surface area contributed by atoms with Crippen LogP contribution < -0.4 is 10.2 Å². The second-order valence-electron chi connectivity index (χ2n) is 7.09. The van der Waals surface area contributed by atoms with Crippen LogP contribution in [-0.2, 0) is 6.18 Å². The van der Waals surface area contributed by atoms with Gasteiger partial charge in [0.15, 0.2) is 0 Å². The van der Waals surface area contributed by atoms with Crippen LogP contribution in [0.5, 0.6) is 5.75 Å². The molecule has 3 aromatic heterocycles. The standard InChI is InChI=1S/C22H14ClF3N6OS2/c1-33-15-8-4-12(5-9-15)16-11-34-20(28-16)30-27-10-17-18(13-2-6-14(23)7-3-13)29-21-32(17)31-19(35-21)22(24,25)26/h2-11H,1H3,(H,28,30)/b27-10+. The van der Waals surface area contributed by atoms with Crippen molar-refractivity contribution < 1.29 is 17.9 Å². The van der Waals surface area contributed by atoms with E-state index in [9.17, 15) is 13.2 Å². The highest BCUT2D eigenvalue weighted by molar-refractivity contribution is 7.16. The molecule has 1 N–H and O–H groups in total. The third-order valence-electron chi connectivity index (χ3n) is 4.84. The Balaban J connectivity index is 1.44. The highest BCUT2D eigenvalue weighted by Crippen LogP contribution is 2.35. The predicted molar refractivity (Wildman–Crippen MR) is 132 cm³/mol. The molecule has 0 saturated heterocycles. The lowest BCUT2D eigenvalue weighted by molar-refractivity contribution is -0.138. The summed E-state index contributed by atoms with van der Waals surface area (Å²) in [6.45, 7) is 0. The number of alkyl halides is 3. The van der Waals surface area contributed by atoms with Gasteiger partial charge in [-0.05, 0) is 36.4 Å². The maximum absolute atomic E-state index is 13.2. The number of fused-ring (bicyclic) bond motifs is 1. The SMILES string of the molecule is COc1ccc(-c2csc(N/N=C/c3c(-c4ccc(Cl)cc4)nc4sc(C(F)(F)F)nn34)n2)cc1. The average Bonchev–Trinajstić information content (AvgIpc) is 3.55. The molecule has 0 aliphatic rings. The van der Waals surface area contributed by atoms with Crippen molar-refractivity contribution in [2.24, 2.45) is 5.10 Å². The van der Waals surface area contributed by atoms with Crippen LogP contribution in [0.1, 0.15) is 10.7 Å². The van der Waals surface area contributed by atoms with Crippen molar-refractivity contribution in [3.63, 3.8) is 0 Å². The number of hydrazone groups is 1. The maximum atomic E-state index is 13.2. The predicted octanol–water partition coefficient (Wildman–Crippen LogP) is 6.71. The summed E-state index contributed by atoms with van der Waals surface area (Å²) in [5, 5.41) is 9.82. The lowest BCUT2D eigenvalue weighted by Crippen LogP contribution is -2.06. The Morgan fingerprint density at radius 1 is 1.06 bits per heavy atom. The van der Waals surface area contributed by atoms with E-state index in [2.05, 4.69) is 25.6 Å². The summed E-state index contributed by atoms with van der Waals surface area (Å²) < 4.78 is 45.9. The zero-order valence-corrected chi connectivity index (χ0v) is 20.1. The summed E-state index contributed by atoms with van der Waals surface area (Å²) in [7, 11) is 1.60. The van der Waals surface area contributed by atoms with Gasteiger partial charge in [0.1, 0.15) is 17.1 Å². The number of hydrogen-bond acceptors (Lipinski definition) is 8. The number of hydrogen-bond donors (Lipinski definition) is 1. The molecule has 5 rings (SSSR count). The molecule has 0 amide bonds. The molecule has 0 saturated carbocycles. The smallest absolute Gasteiger partial charge is 0.445 e. The van der Waals surface area contributed by atoms with Gasteiger partial charge >= 0.3 is 6.18 Å². The molecule has 35 heavy (non-hydrogen) atoms. The number of anilines is 1. The molecule has 5 aromatic rings. The lowest BCUT2D eigenvalue weighted by atomic mass is 10.1. The summed E-state index contributed by atoms with van der Waals surface area (Å²) >= 11 is 7.77. The first kappa shape index (κ1) is 23.3. The molecular formula is C22H14ClF3N6OS2. The highest BCUT2D eigenvalue weighted by atomic mass is 35.5. The van der Waals surface area contributed by atoms with Crippen LogP contribution in [0.2, 0.25) is 5.02 Å². The molecule has 0 atom stereocenters. The maximum Gasteiger partial charge on any atom is 0.445 e. The number of thiazole rings is 1. The summed E-state index contributed by atoms with van der Waals surface area (Å²) in [5.41, 5.74) is 5.86. The molecule has 0 bridgehead atoms. The monoisotopic (exact) mass is 534 g/mol. The van der Waals surface area contributed by atoms with Crippen LogP contribution >= 0.6 is 34.3 Å². The number of aromatic nitrogens is 4. The van der Waals surface area contributed by atoms with E-state index in [1.54, 1.807) is 31.4 Å². The van der Waals surface area contributed by atoms with E-state index in [1.807, 2.05) is 29.6 Å². The Bertz CT molecular complexity index is 1510. The van der Waals surface area contributed by atoms with Gasteiger partial charge in [0, 0.05) is 21.5 Å². The molecule has 0 aliphatic carbocycles. The Kier molecular flexibility index (Phi) is 6.17. The van der Waals surface area contributed by atoms with Crippen LogP contribution in [0, 0.1) is 0 Å². The summed E-state index contributed by atoms with van der Waals surface area (Å²) in [5.74, 6) is 0.742. The van der Waals surface area contributed by atoms with E-state index in [0.717, 1.165) is 21.5 Å². The van der Waals surface area contributed by atoms with Gasteiger partial charge in [0.2, 0.25) is 15.1 Å². The number of benzene rings is 2. The Morgan fingerprint density at radius 2 is 1.77 bits per heavy atom. The van der Waals surface area contributed by atoms with Crippen LogP contribution in [0.3, 0.4) is 0 Å². The van der Waals surface area contributed by atoms with E-state index < -0.39 is 11.2 Å². The highest BCUT2D eigenvalue weighted by Gasteiger charge is 2.36. The Hall–Kier alpha value is -3.48. The van der Waals surface area contributed by atoms with Gasteiger partial charge in [-0.25, -0.2) is 14.5 Å². The zero-order chi connectivity index (χ0) is 24.6. The van der Waals surface area contributed by atoms with Crippen molar-refractivity contribution in [2.45, 2.75) is 6.18 Å². The van der Waals surface area contributed by atoms with Crippen molar-refractivity contribution in [1.29, 1.82) is 0 Å². The number of rotatable bonds is 6. The number of nitrogens with one attached hydrogen (secondary N) is 1. The van der Waals surface area contributed by atoms with Crippen molar-refractivity contribution in [3.8, 4) is 28.3 Å². The Labute approximate surface area is 209 Å². The Morgan fingerprint density at radius 3 is 2.46 bits per heavy atom. The van der Waals surface area contributed by atoms with Gasteiger partial charge in [-0.15, -0.1) is 16.4 Å². The number of nitrogens with zero attached hydrogens (tertiary/aromatic N) is 5. The molecule has 178 valence electrons. The van der Waals surface area contributed by atoms with Gasteiger partial charge in [-0.3, -0.25) is 5.43 Å². The van der Waals surface area contributed by atoms with Crippen molar-refractivity contribution in [3.05, 3.63) is 69.6 Å². The average molecular weight is 535 g/mol. The number of imidazole rings is 1. The topological polar surface area (TPSA) is 76.7 Å². The molecule has 0 unspecified atom stereocenters. The first-order chi connectivity index (χ1) is 16.8. The lowest BCUT2D eigenvalue weighted by Gasteiger charge is -2.02. The van der Waals surface area contributed by atoms with E-state index in [0.29, 0.717) is 32.7 Å². The van der Waals surface area contributed by atoms with Crippen LogP contribution in [-0.4, -0.2) is 32.9 Å². The molecule has 3 heterocycles. The minimum Gasteiger partial charge on any atom is -0.497 e. The molecule has 0 aliphatic heterocycles. The molecule has 7 nitrogen and oxygen atoms in total. The van der Waals surface area contributed by atoms with Crippen molar-refractivity contribution >= 4 is 50.6 Å². The van der Waals surface area contributed by atoms with Gasteiger partial charge in [-0.2, -0.15) is 18.3 Å². The van der Waals surface area contributed by atoms with E-state index in [1.165, 1.54) is 17.6 Å². The second-order valence-corrected chi connectivity index (χ2v) is 9.34. The van der Waals surface area contributed by atoms with Crippen molar-refractivity contribution in [1.82, 2.24) is 19.6 Å². The normalized spacial score (nSPS) is 12.0. The minimum absolute atomic E-state index is 0.0970. The van der Waals surface area contributed by atoms with E-state index >= 15 is 0 Å². The quantitative estimate of drug-likeness (QED) is 0.193. The third-order valence-corrected chi connectivity index (χ3v) is 6.79. The van der Waals surface area contributed by atoms with Gasteiger partial charge in [-0.1, -0.05) is 35.1 Å². The fraction of sp³-hybridized carbons (Fsp3) is 0.0909. The van der Waals surface area contributed by atoms with Gasteiger partial charge in [0.05, 0.1) is 19.0 Å². The van der Waals surface area contributed by atoms with Crippen LogP contribution in [0.15, 0.2) is 59.0 Å². The first-order valence-electron chi connectivity index (χ1n) is 9.93. The van der Waals surface area contributed by atoms with Gasteiger partial charge < -0.3 is 4.74 Å². The zero-order valence-electron chi connectivity index (χ0n) is 17.7. The number of ether oxygens (including phenoxy) is 1. The fourth-order valence-corrected chi connectivity index (χ4v) is 4.75. The number of methoxy groups -OCH3 is 1. The molecule has 13 heteroatoms. The fourth-order valence-electron chi connectivity index (χ4n) is 3.18. The van der Waals surface area contributed by atoms with Crippen molar-refractivity contribution in [2.75, 3.05) is 12.5 Å². The largest absolute Gasteiger partial charge is 0.497 e. The van der Waals surface area contributed by atoms with Gasteiger partial charge in [0.25, 0.3) is 0 Å². The minimum atomic E-state index is -4.57. The summed E-state index contributed by atoms with van der Waals surface area (Å²) in [6, 6.07) is 14.3. The first-order valence-corrected chi connectivity index (χ1v) is 12.0. The van der Waals surface area contributed by atoms with Crippen LogP contribution in [0.4, 0.5) is 18.3 Å². The second kappa shape index (κ2) is 9.29. The molecule has 0 spiro atoms. The molecule has 2 aromatic carbocycles. The third kappa shape index (κ3) is 4.85. The summed E-state index contributed by atoms with van der Waals surface area (Å²) in [4.78, 5) is 8.96. The molecule has 0 radical (unpaired) electrons. The number of halogens is 4. The van der Waals surface area contributed by atoms with Crippen LogP contribution in [0.25, 0.3) is 27.5 Å². The molecular weight excluding hydrogens is 521 g/mol. The van der Waals surface area contributed by atoms with E-state index in [4.69, 9.17) is 16.3 Å². The van der Waals surface area contributed by atoms with E-state index in [-0.39, 0.29) is 10.7 Å².